The van der Waals surface area contributed by atoms with Gasteiger partial charge in [0.05, 0.1) is 6.07 Å². The summed E-state index contributed by atoms with van der Waals surface area (Å²) in [5, 5.41) is 8.72. The second kappa shape index (κ2) is 7.01. The lowest BCUT2D eigenvalue weighted by molar-refractivity contribution is 0.441. The zero-order valence-corrected chi connectivity index (χ0v) is 13.8. The highest BCUT2D eigenvalue weighted by Crippen LogP contribution is 2.24. The molecular weight excluding hydrogens is 326 g/mol. The van der Waals surface area contributed by atoms with E-state index in [0.717, 1.165) is 11.3 Å². The molecule has 0 spiro atoms. The molecule has 24 heavy (non-hydrogen) atoms. The van der Waals surface area contributed by atoms with Crippen molar-refractivity contribution in [2.75, 3.05) is 19.6 Å². The lowest BCUT2D eigenvalue weighted by atomic mass is 10.2. The molecule has 0 radical (unpaired) electrons. The molecule has 2 aromatic carbocycles. The Labute approximate surface area is 141 Å². The number of para-hydroxylation sites is 1. The fourth-order valence-electron chi connectivity index (χ4n) is 2.55. The minimum Gasteiger partial charge on any atom is -0.457 e. The van der Waals surface area contributed by atoms with Crippen molar-refractivity contribution in [3.8, 4) is 17.6 Å². The average molecular weight is 343 g/mol. The van der Waals surface area contributed by atoms with Crippen molar-refractivity contribution in [3.05, 3.63) is 60.2 Å². The summed E-state index contributed by atoms with van der Waals surface area (Å²) in [4.78, 5) is 0. The van der Waals surface area contributed by atoms with Gasteiger partial charge in [0.15, 0.2) is 0 Å². The molecule has 0 amide bonds. The number of benzene rings is 2. The van der Waals surface area contributed by atoms with Gasteiger partial charge in [-0.05, 0) is 29.8 Å². The van der Waals surface area contributed by atoms with E-state index in [1.165, 1.54) is 8.61 Å². The van der Waals surface area contributed by atoms with E-state index in [1.54, 1.807) is 0 Å². The second-order valence-electron chi connectivity index (χ2n) is 5.40. The van der Waals surface area contributed by atoms with Gasteiger partial charge < -0.3 is 4.74 Å². The minimum absolute atomic E-state index is 0.115. The SMILES string of the molecule is N#CCN1CCN(Cc2cccc(Oc3ccccc3)c2)S1(=O)=O. The van der Waals surface area contributed by atoms with Gasteiger partial charge in [0, 0.05) is 19.6 Å². The fraction of sp³-hybridized carbons (Fsp3) is 0.235. The third-order valence-electron chi connectivity index (χ3n) is 3.73. The molecule has 1 saturated heterocycles. The first-order valence-electron chi connectivity index (χ1n) is 7.53. The lowest BCUT2D eigenvalue weighted by Gasteiger charge is -2.17. The molecule has 0 atom stereocenters. The third kappa shape index (κ3) is 3.57. The maximum absolute atomic E-state index is 12.3. The standard InChI is InChI=1S/C17H17N3O3S/c18-9-10-19-11-12-20(24(19,21)22)14-15-5-4-8-17(13-15)23-16-6-2-1-3-7-16/h1-8,13H,10-12,14H2. The highest BCUT2D eigenvalue weighted by Gasteiger charge is 2.36. The minimum atomic E-state index is -3.56. The monoisotopic (exact) mass is 343 g/mol. The molecule has 1 heterocycles. The van der Waals surface area contributed by atoms with Crippen molar-refractivity contribution >= 4 is 10.2 Å². The number of nitriles is 1. The van der Waals surface area contributed by atoms with Gasteiger partial charge in [-0.15, -0.1) is 0 Å². The summed E-state index contributed by atoms with van der Waals surface area (Å²) in [5.74, 6) is 1.38. The molecule has 0 aliphatic carbocycles. The van der Waals surface area contributed by atoms with Crippen molar-refractivity contribution < 1.29 is 13.2 Å². The van der Waals surface area contributed by atoms with Crippen LogP contribution in [0.5, 0.6) is 11.5 Å². The van der Waals surface area contributed by atoms with Crippen LogP contribution in [0.25, 0.3) is 0 Å². The fourth-order valence-corrected chi connectivity index (χ4v) is 4.04. The number of hydrogen-bond acceptors (Lipinski definition) is 4. The van der Waals surface area contributed by atoms with E-state index >= 15 is 0 Å². The van der Waals surface area contributed by atoms with Crippen LogP contribution in [0.2, 0.25) is 0 Å². The third-order valence-corrected chi connectivity index (χ3v) is 5.66. The van der Waals surface area contributed by atoms with Gasteiger partial charge >= 0.3 is 0 Å². The Morgan fingerprint density at radius 1 is 1.00 bits per heavy atom. The lowest BCUT2D eigenvalue weighted by Crippen LogP contribution is -2.33. The smallest absolute Gasteiger partial charge is 0.283 e. The van der Waals surface area contributed by atoms with Crippen LogP contribution in [0.3, 0.4) is 0 Å². The predicted molar refractivity (Wildman–Crippen MR) is 89.5 cm³/mol. The summed E-state index contributed by atoms with van der Waals surface area (Å²) in [6.07, 6.45) is 0. The zero-order valence-electron chi connectivity index (χ0n) is 13.0. The number of rotatable bonds is 5. The van der Waals surface area contributed by atoms with Gasteiger partial charge in [0.1, 0.15) is 18.0 Å². The van der Waals surface area contributed by atoms with Crippen molar-refractivity contribution in [1.82, 2.24) is 8.61 Å². The Balaban J connectivity index is 1.73. The molecular formula is C17H17N3O3S. The van der Waals surface area contributed by atoms with E-state index in [-0.39, 0.29) is 13.1 Å². The molecule has 0 N–H and O–H groups in total. The molecule has 1 fully saturated rings. The Kier molecular flexibility index (Phi) is 4.81. The van der Waals surface area contributed by atoms with Gasteiger partial charge in [-0.25, -0.2) is 0 Å². The van der Waals surface area contributed by atoms with Crippen molar-refractivity contribution in [2.24, 2.45) is 0 Å². The van der Waals surface area contributed by atoms with E-state index in [4.69, 9.17) is 10.00 Å². The first-order valence-corrected chi connectivity index (χ1v) is 8.93. The summed E-state index contributed by atoms with van der Waals surface area (Å²) in [5.41, 5.74) is 0.839. The van der Waals surface area contributed by atoms with Crippen molar-refractivity contribution in [1.29, 1.82) is 5.26 Å². The highest BCUT2D eigenvalue weighted by atomic mass is 32.2. The Bertz CT molecular complexity index is 847. The number of nitrogens with zero attached hydrogens (tertiary/aromatic N) is 3. The first-order chi connectivity index (χ1) is 11.6. The predicted octanol–water partition coefficient (Wildman–Crippen LogP) is 2.36. The molecule has 0 bridgehead atoms. The molecule has 0 saturated carbocycles. The van der Waals surface area contributed by atoms with Gasteiger partial charge in [0.25, 0.3) is 10.2 Å². The van der Waals surface area contributed by atoms with Crippen LogP contribution in [-0.2, 0) is 16.8 Å². The van der Waals surface area contributed by atoms with Gasteiger partial charge in [-0.3, -0.25) is 0 Å². The number of ether oxygens (including phenoxy) is 1. The van der Waals surface area contributed by atoms with Crippen LogP contribution in [0.15, 0.2) is 54.6 Å². The normalized spacial score (nSPS) is 17.5. The topological polar surface area (TPSA) is 73.6 Å². The second-order valence-corrected chi connectivity index (χ2v) is 7.32. The van der Waals surface area contributed by atoms with E-state index in [1.807, 2.05) is 60.7 Å². The van der Waals surface area contributed by atoms with Crippen LogP contribution < -0.4 is 4.74 Å². The summed E-state index contributed by atoms with van der Waals surface area (Å²) >= 11 is 0. The molecule has 0 unspecified atom stereocenters. The van der Waals surface area contributed by atoms with Gasteiger partial charge in [0.2, 0.25) is 0 Å². The molecule has 1 aliphatic heterocycles. The van der Waals surface area contributed by atoms with Crippen LogP contribution in [0, 0.1) is 11.3 Å². The molecule has 7 heteroatoms. The summed E-state index contributed by atoms with van der Waals surface area (Å²) < 4.78 is 33.0. The molecule has 3 rings (SSSR count). The van der Waals surface area contributed by atoms with E-state index < -0.39 is 10.2 Å². The van der Waals surface area contributed by atoms with Crippen LogP contribution in [-0.4, -0.2) is 36.7 Å². The molecule has 124 valence electrons. The van der Waals surface area contributed by atoms with Crippen molar-refractivity contribution in [2.45, 2.75) is 6.54 Å². The maximum atomic E-state index is 12.3. The largest absolute Gasteiger partial charge is 0.457 e. The quantitative estimate of drug-likeness (QED) is 0.781. The number of hydrogen-bond donors (Lipinski definition) is 0. The summed E-state index contributed by atoms with van der Waals surface area (Å²) in [7, 11) is -3.56. The van der Waals surface area contributed by atoms with E-state index in [0.29, 0.717) is 18.8 Å². The van der Waals surface area contributed by atoms with Crippen LogP contribution >= 0.6 is 0 Å². The molecule has 6 nitrogen and oxygen atoms in total. The maximum Gasteiger partial charge on any atom is 0.283 e. The summed E-state index contributed by atoms with van der Waals surface area (Å²) in [6, 6.07) is 18.6. The van der Waals surface area contributed by atoms with E-state index in [2.05, 4.69) is 0 Å². The highest BCUT2D eigenvalue weighted by molar-refractivity contribution is 7.87. The van der Waals surface area contributed by atoms with Gasteiger partial charge in [-0.2, -0.15) is 22.3 Å². The Hall–Kier alpha value is -2.40. The Morgan fingerprint density at radius 3 is 2.46 bits per heavy atom. The Morgan fingerprint density at radius 2 is 1.71 bits per heavy atom. The van der Waals surface area contributed by atoms with Gasteiger partial charge in [-0.1, -0.05) is 30.3 Å². The molecule has 0 aromatic heterocycles. The molecule has 1 aliphatic rings. The average Bonchev–Trinajstić information content (AvgIpc) is 2.84. The summed E-state index contributed by atoms with van der Waals surface area (Å²) in [6.45, 7) is 0.871. The first kappa shape index (κ1) is 16.5. The van der Waals surface area contributed by atoms with Crippen molar-refractivity contribution in [3.63, 3.8) is 0 Å². The zero-order chi connectivity index (χ0) is 17.0. The molecule has 2 aromatic rings. The van der Waals surface area contributed by atoms with Crippen LogP contribution in [0.1, 0.15) is 5.56 Å². The van der Waals surface area contributed by atoms with Crippen LogP contribution in [0.4, 0.5) is 0 Å². The van der Waals surface area contributed by atoms with E-state index in [9.17, 15) is 8.42 Å².